The van der Waals surface area contributed by atoms with E-state index >= 15 is 0 Å². The average molecular weight is 310 g/mol. The van der Waals surface area contributed by atoms with E-state index in [1.807, 2.05) is 42.2 Å². The van der Waals surface area contributed by atoms with Gasteiger partial charge >= 0.3 is 6.03 Å². The first-order valence-corrected chi connectivity index (χ1v) is 8.37. The fourth-order valence-electron chi connectivity index (χ4n) is 3.74. The number of pyridine rings is 1. The van der Waals surface area contributed by atoms with Gasteiger partial charge in [0.1, 0.15) is 0 Å². The lowest BCUT2D eigenvalue weighted by atomic mass is 10.1. The van der Waals surface area contributed by atoms with Crippen molar-refractivity contribution >= 4 is 22.6 Å². The number of hydrogen-bond acceptors (Lipinski definition) is 3. The zero-order chi connectivity index (χ0) is 15.8. The van der Waals surface area contributed by atoms with Crippen LogP contribution in [-0.4, -0.2) is 53.0 Å². The molecule has 3 heterocycles. The summed E-state index contributed by atoms with van der Waals surface area (Å²) in [6.07, 6.45) is 2.47. The first kappa shape index (κ1) is 14.5. The molecule has 2 fully saturated rings. The lowest BCUT2D eigenvalue weighted by Gasteiger charge is -2.37. The highest BCUT2D eigenvalue weighted by atomic mass is 16.2. The molecule has 4 rings (SSSR count). The molecule has 5 nitrogen and oxygen atoms in total. The number of piperazine rings is 1. The second kappa shape index (κ2) is 5.81. The number of rotatable bonds is 1. The number of hydrogen-bond donors (Lipinski definition) is 1. The van der Waals surface area contributed by atoms with Gasteiger partial charge in [0.2, 0.25) is 0 Å². The number of anilines is 1. The Morgan fingerprint density at radius 2 is 2.13 bits per heavy atom. The Morgan fingerprint density at radius 1 is 1.22 bits per heavy atom. The van der Waals surface area contributed by atoms with Crippen LogP contribution in [0.2, 0.25) is 0 Å². The van der Waals surface area contributed by atoms with E-state index in [2.05, 4.69) is 15.2 Å². The van der Waals surface area contributed by atoms with E-state index < -0.39 is 0 Å². The predicted molar refractivity (Wildman–Crippen MR) is 91.7 cm³/mol. The van der Waals surface area contributed by atoms with Crippen molar-refractivity contribution in [3.63, 3.8) is 0 Å². The number of urea groups is 1. The summed E-state index contributed by atoms with van der Waals surface area (Å²) < 4.78 is 0. The van der Waals surface area contributed by atoms with Gasteiger partial charge in [-0.2, -0.15) is 0 Å². The molecule has 0 radical (unpaired) electrons. The van der Waals surface area contributed by atoms with Crippen molar-refractivity contribution in [3.05, 3.63) is 36.0 Å². The van der Waals surface area contributed by atoms with Crippen molar-refractivity contribution in [2.75, 3.05) is 31.5 Å². The Balaban J connectivity index is 1.52. The molecule has 0 bridgehead atoms. The van der Waals surface area contributed by atoms with Crippen LogP contribution in [0.3, 0.4) is 0 Å². The summed E-state index contributed by atoms with van der Waals surface area (Å²) in [4.78, 5) is 21.6. The molecule has 0 unspecified atom stereocenters. The molecule has 1 aromatic heterocycles. The Bertz CT molecular complexity index is 745. The van der Waals surface area contributed by atoms with E-state index in [1.165, 1.54) is 19.4 Å². The number of carbonyl (C=O) groups is 1. The lowest BCUT2D eigenvalue weighted by molar-refractivity contribution is 0.124. The molecule has 0 aliphatic carbocycles. The first-order valence-electron chi connectivity index (χ1n) is 8.37. The van der Waals surface area contributed by atoms with Crippen LogP contribution in [0.4, 0.5) is 10.5 Å². The maximum Gasteiger partial charge on any atom is 0.321 e. The van der Waals surface area contributed by atoms with Crippen LogP contribution in [-0.2, 0) is 0 Å². The van der Waals surface area contributed by atoms with Crippen LogP contribution in [0.25, 0.3) is 10.9 Å². The molecule has 5 heteroatoms. The van der Waals surface area contributed by atoms with Crippen molar-refractivity contribution in [3.8, 4) is 0 Å². The van der Waals surface area contributed by atoms with Crippen molar-refractivity contribution in [1.82, 2.24) is 14.8 Å². The standard InChI is InChI=1S/C18H22N4O/c1-13-7-8-15-16(19-13)5-2-6-17(15)20-18(23)22-11-10-21-9-3-4-14(21)12-22/h2,5-8,14H,3-4,9-12H2,1H3,(H,20,23)/t14-/m1/s1. The molecule has 0 spiro atoms. The van der Waals surface area contributed by atoms with E-state index in [0.29, 0.717) is 6.04 Å². The monoisotopic (exact) mass is 310 g/mol. The average Bonchev–Trinajstić information content (AvgIpc) is 3.02. The van der Waals surface area contributed by atoms with Crippen molar-refractivity contribution in [2.45, 2.75) is 25.8 Å². The van der Waals surface area contributed by atoms with Crippen LogP contribution in [0.1, 0.15) is 18.5 Å². The Morgan fingerprint density at radius 3 is 3.04 bits per heavy atom. The van der Waals surface area contributed by atoms with Gasteiger partial charge in [0, 0.05) is 36.8 Å². The fourth-order valence-corrected chi connectivity index (χ4v) is 3.74. The van der Waals surface area contributed by atoms with Crippen LogP contribution in [0.15, 0.2) is 30.3 Å². The second-order valence-electron chi connectivity index (χ2n) is 6.53. The fraction of sp³-hybridized carbons (Fsp3) is 0.444. The van der Waals surface area contributed by atoms with Crippen LogP contribution in [0.5, 0.6) is 0 Å². The Hall–Kier alpha value is -2.14. The molecule has 2 saturated heterocycles. The van der Waals surface area contributed by atoms with E-state index in [1.54, 1.807) is 0 Å². The first-order chi connectivity index (χ1) is 11.2. The quantitative estimate of drug-likeness (QED) is 0.881. The van der Waals surface area contributed by atoms with Gasteiger partial charge in [-0.1, -0.05) is 6.07 Å². The minimum Gasteiger partial charge on any atom is -0.322 e. The molecule has 2 aromatic rings. The summed E-state index contributed by atoms with van der Waals surface area (Å²) in [6, 6.07) is 10.4. The van der Waals surface area contributed by atoms with Gasteiger partial charge < -0.3 is 10.2 Å². The maximum absolute atomic E-state index is 12.6. The summed E-state index contributed by atoms with van der Waals surface area (Å²) in [5.74, 6) is 0. The third kappa shape index (κ3) is 2.77. The Kier molecular flexibility index (Phi) is 3.65. The summed E-state index contributed by atoms with van der Waals surface area (Å²) in [5, 5.41) is 4.07. The smallest absolute Gasteiger partial charge is 0.321 e. The third-order valence-electron chi connectivity index (χ3n) is 4.99. The summed E-state index contributed by atoms with van der Waals surface area (Å²) in [7, 11) is 0. The molecule has 1 N–H and O–H groups in total. The number of amides is 2. The normalized spacial score (nSPS) is 21.4. The maximum atomic E-state index is 12.6. The number of carbonyl (C=O) groups excluding carboxylic acids is 1. The second-order valence-corrected chi connectivity index (χ2v) is 6.53. The third-order valence-corrected chi connectivity index (χ3v) is 4.99. The zero-order valence-electron chi connectivity index (χ0n) is 13.5. The summed E-state index contributed by atoms with van der Waals surface area (Å²) in [6.45, 7) is 5.81. The van der Waals surface area contributed by atoms with Crippen molar-refractivity contribution in [1.29, 1.82) is 0 Å². The van der Waals surface area contributed by atoms with Crippen LogP contribution < -0.4 is 5.32 Å². The molecule has 2 amide bonds. The number of aryl methyl sites for hydroxylation is 1. The molecule has 2 aliphatic rings. The van der Waals surface area contributed by atoms with Gasteiger partial charge in [0.15, 0.2) is 0 Å². The SMILES string of the molecule is Cc1ccc2c(NC(=O)N3CCN4CCC[C@@H]4C3)cccc2n1. The molecular weight excluding hydrogens is 288 g/mol. The summed E-state index contributed by atoms with van der Waals surface area (Å²) >= 11 is 0. The van der Waals surface area contributed by atoms with Crippen LogP contribution >= 0.6 is 0 Å². The van der Waals surface area contributed by atoms with E-state index in [0.717, 1.165) is 41.9 Å². The highest BCUT2D eigenvalue weighted by molar-refractivity contribution is 6.00. The zero-order valence-corrected chi connectivity index (χ0v) is 13.5. The van der Waals surface area contributed by atoms with Gasteiger partial charge in [-0.15, -0.1) is 0 Å². The van der Waals surface area contributed by atoms with Gasteiger partial charge in [-0.3, -0.25) is 9.88 Å². The number of nitrogens with zero attached hydrogens (tertiary/aromatic N) is 3. The molecule has 120 valence electrons. The van der Waals surface area contributed by atoms with Crippen molar-refractivity contribution < 1.29 is 4.79 Å². The minimum absolute atomic E-state index is 0.00428. The number of fused-ring (bicyclic) bond motifs is 2. The van der Waals surface area contributed by atoms with Gasteiger partial charge in [0.05, 0.1) is 11.2 Å². The molecule has 0 saturated carbocycles. The topological polar surface area (TPSA) is 48.5 Å². The molecule has 1 aromatic carbocycles. The molecule has 23 heavy (non-hydrogen) atoms. The largest absolute Gasteiger partial charge is 0.322 e. The summed E-state index contributed by atoms with van der Waals surface area (Å²) in [5.41, 5.74) is 2.75. The van der Waals surface area contributed by atoms with E-state index in [4.69, 9.17) is 0 Å². The molecule has 1 atom stereocenters. The highest BCUT2D eigenvalue weighted by Gasteiger charge is 2.32. The van der Waals surface area contributed by atoms with E-state index in [9.17, 15) is 4.79 Å². The number of aromatic nitrogens is 1. The van der Waals surface area contributed by atoms with E-state index in [-0.39, 0.29) is 6.03 Å². The predicted octanol–water partition coefficient (Wildman–Crippen LogP) is 2.86. The van der Waals surface area contributed by atoms with Gasteiger partial charge in [-0.05, 0) is 50.6 Å². The van der Waals surface area contributed by atoms with Gasteiger partial charge in [0.25, 0.3) is 0 Å². The van der Waals surface area contributed by atoms with Crippen molar-refractivity contribution in [2.24, 2.45) is 0 Å². The molecule has 2 aliphatic heterocycles. The minimum atomic E-state index is 0.00428. The highest BCUT2D eigenvalue weighted by Crippen LogP contribution is 2.24. The Labute approximate surface area is 136 Å². The molecular formula is C18H22N4O. The number of nitrogens with one attached hydrogen (secondary N) is 1. The lowest BCUT2D eigenvalue weighted by Crippen LogP contribution is -2.53. The van der Waals surface area contributed by atoms with Gasteiger partial charge in [-0.25, -0.2) is 4.79 Å². The van der Waals surface area contributed by atoms with Crippen LogP contribution in [0, 0.1) is 6.92 Å². The number of benzene rings is 1.